The predicted molar refractivity (Wildman–Crippen MR) is 144 cm³/mol. The molecule has 1 fully saturated rings. The summed E-state index contributed by atoms with van der Waals surface area (Å²) in [6.07, 6.45) is 4.97. The smallest absolute Gasteiger partial charge is 0.262 e. The number of amides is 1. The van der Waals surface area contributed by atoms with E-state index in [4.69, 9.17) is 4.74 Å². The largest absolute Gasteiger partial charge is 0.484 e. The van der Waals surface area contributed by atoms with Gasteiger partial charge in [-0.15, -0.1) is 10.2 Å². The lowest BCUT2D eigenvalue weighted by Gasteiger charge is -2.20. The number of carbonyl (C=O) groups is 1. The molecule has 2 heterocycles. The molecular weight excluding hydrogens is 448 g/mol. The van der Waals surface area contributed by atoms with Gasteiger partial charge in [0, 0.05) is 24.3 Å². The first-order valence-electron chi connectivity index (χ1n) is 12.5. The van der Waals surface area contributed by atoms with E-state index in [-0.39, 0.29) is 12.5 Å². The highest BCUT2D eigenvalue weighted by Gasteiger charge is 2.12. The van der Waals surface area contributed by atoms with Crippen LogP contribution >= 0.6 is 0 Å². The Morgan fingerprint density at radius 3 is 2.19 bits per heavy atom. The molecule has 1 aromatic heterocycles. The average molecular weight is 479 g/mol. The third kappa shape index (κ3) is 6.08. The molecule has 1 N–H and O–H groups in total. The third-order valence-corrected chi connectivity index (χ3v) is 6.35. The zero-order valence-corrected chi connectivity index (χ0v) is 20.3. The fourth-order valence-corrected chi connectivity index (χ4v) is 4.42. The molecule has 1 saturated heterocycles. The van der Waals surface area contributed by atoms with Crippen LogP contribution in [0, 0.1) is 0 Å². The number of hydrogen-bond donors (Lipinski definition) is 1. The molecule has 1 aliphatic rings. The lowest BCUT2D eigenvalue weighted by Crippen LogP contribution is -2.25. The predicted octanol–water partition coefficient (Wildman–Crippen LogP) is 6.21. The summed E-state index contributed by atoms with van der Waals surface area (Å²) in [5.41, 5.74) is 4.62. The number of benzene rings is 3. The van der Waals surface area contributed by atoms with Gasteiger partial charge in [0.05, 0.1) is 5.69 Å². The van der Waals surface area contributed by atoms with Crippen LogP contribution in [0.25, 0.3) is 22.4 Å². The van der Waals surface area contributed by atoms with Gasteiger partial charge in [-0.3, -0.25) is 4.79 Å². The van der Waals surface area contributed by atoms with E-state index >= 15 is 0 Å². The number of rotatable bonds is 7. The Kier molecular flexibility index (Phi) is 7.52. The summed E-state index contributed by atoms with van der Waals surface area (Å²) in [6.45, 7) is 2.00. The van der Waals surface area contributed by atoms with E-state index in [1.54, 1.807) is 0 Å². The van der Waals surface area contributed by atoms with Gasteiger partial charge in [0.25, 0.3) is 5.91 Å². The Labute approximate surface area is 212 Å². The van der Waals surface area contributed by atoms with E-state index in [2.05, 4.69) is 32.5 Å². The number of carbonyl (C=O) groups excluding carboxylic acids is 1. The summed E-state index contributed by atoms with van der Waals surface area (Å²) in [5, 5.41) is 11.8. The molecule has 4 aromatic rings. The molecule has 36 heavy (non-hydrogen) atoms. The summed E-state index contributed by atoms with van der Waals surface area (Å²) in [4.78, 5) is 14.8. The molecule has 0 bridgehead atoms. The molecule has 0 saturated carbocycles. The van der Waals surface area contributed by atoms with E-state index < -0.39 is 0 Å². The molecule has 182 valence electrons. The van der Waals surface area contributed by atoms with Crippen LogP contribution in [0.3, 0.4) is 0 Å². The molecule has 0 atom stereocenters. The third-order valence-electron chi connectivity index (χ3n) is 6.35. The number of anilines is 2. The minimum absolute atomic E-state index is 0.0702. The maximum atomic E-state index is 12.5. The van der Waals surface area contributed by atoms with Crippen molar-refractivity contribution in [3.63, 3.8) is 0 Å². The Balaban J connectivity index is 1.17. The van der Waals surface area contributed by atoms with Gasteiger partial charge in [0.2, 0.25) is 0 Å². The molecular formula is C30H30N4O2. The maximum Gasteiger partial charge on any atom is 0.262 e. The van der Waals surface area contributed by atoms with Gasteiger partial charge in [0.15, 0.2) is 12.4 Å². The van der Waals surface area contributed by atoms with Crippen molar-refractivity contribution in [2.75, 3.05) is 29.9 Å². The van der Waals surface area contributed by atoms with Crippen LogP contribution in [0.15, 0.2) is 91.0 Å². The van der Waals surface area contributed by atoms with Crippen molar-refractivity contribution in [1.82, 2.24) is 10.2 Å². The minimum Gasteiger partial charge on any atom is -0.484 e. The fraction of sp³-hybridized carbons (Fsp3) is 0.233. The minimum atomic E-state index is -0.220. The van der Waals surface area contributed by atoms with Crippen LogP contribution < -0.4 is 15.0 Å². The van der Waals surface area contributed by atoms with E-state index in [1.807, 2.05) is 78.9 Å². The fourth-order valence-electron chi connectivity index (χ4n) is 4.42. The standard InChI is InChI=1S/C30H30N4O2/c35-30(22-36-27-15-13-24(14-16-27)23-9-4-3-5-10-23)31-26-12-8-11-25(21-26)28-17-18-29(33-32-28)34-19-6-1-2-7-20-34/h3-5,8-18,21H,1-2,6-7,19-20,22H2,(H,31,35). The van der Waals surface area contributed by atoms with Crippen LogP contribution in [0.2, 0.25) is 0 Å². The zero-order valence-electron chi connectivity index (χ0n) is 20.3. The molecule has 0 spiro atoms. The Morgan fingerprint density at radius 2 is 1.47 bits per heavy atom. The zero-order chi connectivity index (χ0) is 24.6. The van der Waals surface area contributed by atoms with Crippen molar-refractivity contribution in [3.05, 3.63) is 91.0 Å². The molecule has 5 rings (SSSR count). The van der Waals surface area contributed by atoms with Gasteiger partial charge in [-0.2, -0.15) is 0 Å². The quantitative estimate of drug-likeness (QED) is 0.342. The summed E-state index contributed by atoms with van der Waals surface area (Å²) in [6, 6.07) is 29.5. The lowest BCUT2D eigenvalue weighted by atomic mass is 10.1. The van der Waals surface area contributed by atoms with Crippen LogP contribution in [0.1, 0.15) is 25.7 Å². The Hall–Kier alpha value is -4.19. The van der Waals surface area contributed by atoms with Gasteiger partial charge in [-0.05, 0) is 60.4 Å². The normalized spacial score (nSPS) is 13.6. The Bertz CT molecular complexity index is 1270. The van der Waals surface area contributed by atoms with E-state index in [9.17, 15) is 4.79 Å². The number of nitrogens with one attached hydrogen (secondary N) is 1. The number of hydrogen-bond acceptors (Lipinski definition) is 5. The van der Waals surface area contributed by atoms with Crippen LogP contribution in [0.5, 0.6) is 5.75 Å². The SMILES string of the molecule is O=C(COc1ccc(-c2ccccc2)cc1)Nc1cccc(-c2ccc(N3CCCCCC3)nn2)c1. The second kappa shape index (κ2) is 11.5. The molecule has 0 aliphatic carbocycles. The van der Waals surface area contributed by atoms with Gasteiger partial charge < -0.3 is 15.0 Å². The van der Waals surface area contributed by atoms with E-state index in [0.29, 0.717) is 11.4 Å². The first-order chi connectivity index (χ1) is 17.7. The maximum absolute atomic E-state index is 12.5. The second-order valence-electron chi connectivity index (χ2n) is 8.99. The lowest BCUT2D eigenvalue weighted by molar-refractivity contribution is -0.118. The topological polar surface area (TPSA) is 67.3 Å². The monoisotopic (exact) mass is 478 g/mol. The summed E-state index contributed by atoms with van der Waals surface area (Å²) in [5.74, 6) is 1.36. The van der Waals surface area contributed by atoms with Crippen LogP contribution in [0.4, 0.5) is 11.5 Å². The summed E-state index contributed by atoms with van der Waals surface area (Å²) in [7, 11) is 0. The molecule has 1 aliphatic heterocycles. The molecule has 0 unspecified atom stereocenters. The van der Waals surface area contributed by atoms with Crippen molar-refractivity contribution in [2.24, 2.45) is 0 Å². The van der Waals surface area contributed by atoms with Crippen LogP contribution in [-0.4, -0.2) is 35.8 Å². The summed E-state index contributed by atoms with van der Waals surface area (Å²) < 4.78 is 5.69. The summed E-state index contributed by atoms with van der Waals surface area (Å²) >= 11 is 0. The van der Waals surface area contributed by atoms with Crippen molar-refractivity contribution >= 4 is 17.4 Å². The van der Waals surface area contributed by atoms with Gasteiger partial charge in [-0.1, -0.05) is 67.4 Å². The molecule has 3 aromatic carbocycles. The first-order valence-corrected chi connectivity index (χ1v) is 12.5. The molecule has 6 heteroatoms. The van der Waals surface area contributed by atoms with Crippen molar-refractivity contribution < 1.29 is 9.53 Å². The number of ether oxygens (including phenoxy) is 1. The second-order valence-corrected chi connectivity index (χ2v) is 8.99. The van der Waals surface area contributed by atoms with Crippen molar-refractivity contribution in [2.45, 2.75) is 25.7 Å². The number of nitrogens with zero attached hydrogens (tertiary/aromatic N) is 3. The first kappa shape index (κ1) is 23.5. The highest BCUT2D eigenvalue weighted by atomic mass is 16.5. The van der Waals surface area contributed by atoms with Crippen molar-refractivity contribution in [3.8, 4) is 28.1 Å². The molecule has 1 amide bonds. The van der Waals surface area contributed by atoms with Crippen molar-refractivity contribution in [1.29, 1.82) is 0 Å². The average Bonchev–Trinajstić information content (AvgIpc) is 3.23. The Morgan fingerprint density at radius 1 is 0.750 bits per heavy atom. The molecule has 0 radical (unpaired) electrons. The van der Waals surface area contributed by atoms with E-state index in [1.165, 1.54) is 25.7 Å². The van der Waals surface area contributed by atoms with Gasteiger partial charge in [-0.25, -0.2) is 0 Å². The molecule has 6 nitrogen and oxygen atoms in total. The van der Waals surface area contributed by atoms with Gasteiger partial charge >= 0.3 is 0 Å². The highest BCUT2D eigenvalue weighted by Crippen LogP contribution is 2.24. The number of aromatic nitrogens is 2. The highest BCUT2D eigenvalue weighted by molar-refractivity contribution is 5.92. The van der Waals surface area contributed by atoms with E-state index in [0.717, 1.165) is 41.3 Å². The van der Waals surface area contributed by atoms with Crippen LogP contribution in [-0.2, 0) is 4.79 Å². The van der Waals surface area contributed by atoms with Gasteiger partial charge in [0.1, 0.15) is 5.75 Å².